The number of rotatable bonds is 3. The highest BCUT2D eigenvalue weighted by Crippen LogP contribution is 2.47. The first-order valence-corrected chi connectivity index (χ1v) is 13.6. The molecule has 2 heterocycles. The number of fused-ring (bicyclic) bond motifs is 7. The first-order valence-electron chi connectivity index (χ1n) is 17.6. The molecule has 2 heteroatoms. The van der Waals surface area contributed by atoms with E-state index in [2.05, 4.69) is 0 Å². The third-order valence-electron chi connectivity index (χ3n) is 7.91. The summed E-state index contributed by atoms with van der Waals surface area (Å²) in [7, 11) is 0. The number of hydrogen-bond donors (Lipinski definition) is 0. The molecule has 0 unspecified atom stereocenters. The van der Waals surface area contributed by atoms with Crippen molar-refractivity contribution in [1.29, 1.82) is 0 Å². The van der Waals surface area contributed by atoms with Crippen molar-refractivity contribution in [1.82, 2.24) is 0 Å². The topological polar surface area (TPSA) is 26.3 Å². The quantitative estimate of drug-likeness (QED) is 0.207. The highest BCUT2D eigenvalue weighted by molar-refractivity contribution is 6.26. The summed E-state index contributed by atoms with van der Waals surface area (Å²) in [6.45, 7) is 0. The second-order valence-electron chi connectivity index (χ2n) is 10.2. The zero-order valence-electron chi connectivity index (χ0n) is 30.1. The number of furan rings is 2. The fourth-order valence-corrected chi connectivity index (χ4v) is 6.12. The van der Waals surface area contributed by atoms with Crippen molar-refractivity contribution in [2.75, 3.05) is 0 Å². The predicted octanol–water partition coefficient (Wildman–Crippen LogP) is 11.6. The lowest BCUT2D eigenvalue weighted by molar-refractivity contribution is 0.611. The van der Waals surface area contributed by atoms with Crippen LogP contribution in [-0.2, 0) is 0 Å². The van der Waals surface area contributed by atoms with E-state index in [-0.39, 0.29) is 51.3 Å². The maximum atomic E-state index is 9.28. The highest BCUT2D eigenvalue weighted by atomic mass is 16.4. The summed E-state index contributed by atoms with van der Waals surface area (Å²) in [6, 6.07) is 26.9. The summed E-state index contributed by atoms with van der Waals surface area (Å²) in [5, 5.41) is 2.78. The third-order valence-corrected chi connectivity index (χ3v) is 7.91. The average molecular weight is 545 g/mol. The Morgan fingerprint density at radius 1 is 0.476 bits per heavy atom. The largest absolute Gasteiger partial charge is 0.452 e. The number of benzene rings is 7. The van der Waals surface area contributed by atoms with Gasteiger partial charge in [-0.2, -0.15) is 0 Å². The molecule has 0 saturated carbocycles. The summed E-state index contributed by atoms with van der Waals surface area (Å²) in [4.78, 5) is 0. The van der Waals surface area contributed by atoms with E-state index in [1.807, 2.05) is 54.6 Å². The Bertz CT molecular complexity index is 2810. The van der Waals surface area contributed by atoms with Crippen LogP contribution in [0.3, 0.4) is 0 Å². The van der Waals surface area contributed by atoms with Crippen LogP contribution >= 0.6 is 0 Å². The van der Waals surface area contributed by atoms with Crippen molar-refractivity contribution in [3.63, 3.8) is 0 Å². The molecule has 0 spiro atoms. The summed E-state index contributed by atoms with van der Waals surface area (Å²) < 4.78 is 84.6. The van der Waals surface area contributed by atoms with Crippen molar-refractivity contribution in [2.45, 2.75) is 0 Å². The van der Waals surface area contributed by atoms with Gasteiger partial charge in [-0.1, -0.05) is 127 Å². The summed E-state index contributed by atoms with van der Waals surface area (Å²) in [5.41, 5.74) is 4.07. The second-order valence-corrected chi connectivity index (χ2v) is 10.2. The Hall–Kier alpha value is -5.60. The molecule has 2 nitrogen and oxygen atoms in total. The monoisotopic (exact) mass is 544 g/mol. The zero-order chi connectivity index (χ0) is 34.6. The van der Waals surface area contributed by atoms with Crippen LogP contribution in [0, 0.1) is 0 Å². The lowest BCUT2D eigenvalue weighted by atomic mass is 9.85. The zero-order valence-corrected chi connectivity index (χ0v) is 22.1. The van der Waals surface area contributed by atoms with Gasteiger partial charge >= 0.3 is 0 Å². The maximum Gasteiger partial charge on any atom is 0.178 e. The first kappa shape index (κ1) is 16.6. The summed E-state index contributed by atoms with van der Waals surface area (Å²) in [6.07, 6.45) is 0. The van der Waals surface area contributed by atoms with Gasteiger partial charge in [-0.05, 0) is 62.0 Å². The minimum Gasteiger partial charge on any atom is -0.452 e. The van der Waals surface area contributed by atoms with E-state index < -0.39 is 24.2 Å². The molecular formula is C40H24O2. The Balaban J connectivity index is 1.51. The molecular weight excluding hydrogens is 512 g/mol. The minimum atomic E-state index is -0.446. The van der Waals surface area contributed by atoms with Crippen LogP contribution in [0.1, 0.15) is 11.0 Å². The molecule has 0 aliphatic rings. The summed E-state index contributed by atoms with van der Waals surface area (Å²) >= 11 is 0. The molecule has 0 aliphatic heterocycles. The molecule has 0 aliphatic carbocycles. The standard InChI is InChI=1S/C40H24O2/c1-3-12-25(13-4-1)35-24-27-22-23-33-38-32(20-11-21-34(38)41-40(33)39(27)42-35)37-30-18-9-7-16-28(30)36(26-14-5-2-6-15-26)29-17-8-10-19-31(29)37/h1-24H/i7D,8D,9D,10D,16D,17D,18D,19D. The van der Waals surface area contributed by atoms with E-state index in [0.717, 1.165) is 10.9 Å². The smallest absolute Gasteiger partial charge is 0.178 e. The van der Waals surface area contributed by atoms with Gasteiger partial charge in [0.25, 0.3) is 0 Å². The van der Waals surface area contributed by atoms with Gasteiger partial charge in [0.1, 0.15) is 11.3 Å². The fourth-order valence-electron chi connectivity index (χ4n) is 6.12. The van der Waals surface area contributed by atoms with E-state index in [9.17, 15) is 5.48 Å². The fraction of sp³-hybridized carbons (Fsp3) is 0. The first-order chi connectivity index (χ1) is 24.2. The van der Waals surface area contributed by atoms with Crippen molar-refractivity contribution >= 4 is 54.5 Å². The molecule has 9 rings (SSSR count). The lowest BCUT2D eigenvalue weighted by Gasteiger charge is -2.18. The molecule has 0 radical (unpaired) electrons. The van der Waals surface area contributed by atoms with Crippen LogP contribution in [-0.4, -0.2) is 0 Å². The Labute approximate surface area is 253 Å². The average Bonchev–Trinajstić information content (AvgIpc) is 3.76. The molecule has 9 aromatic rings. The van der Waals surface area contributed by atoms with Crippen molar-refractivity contribution in [2.24, 2.45) is 0 Å². The van der Waals surface area contributed by atoms with Crippen LogP contribution in [0.25, 0.3) is 88.0 Å². The van der Waals surface area contributed by atoms with Crippen LogP contribution in [0.15, 0.2) is 154 Å². The highest BCUT2D eigenvalue weighted by Gasteiger charge is 2.21. The molecule has 196 valence electrons. The van der Waals surface area contributed by atoms with Gasteiger partial charge in [0.2, 0.25) is 0 Å². The molecule has 0 fully saturated rings. The Morgan fingerprint density at radius 3 is 1.76 bits per heavy atom. The van der Waals surface area contributed by atoms with Gasteiger partial charge in [-0.15, -0.1) is 0 Å². The van der Waals surface area contributed by atoms with Crippen molar-refractivity contribution < 1.29 is 19.8 Å². The molecule has 7 aromatic carbocycles. The molecule has 0 bridgehead atoms. The van der Waals surface area contributed by atoms with Crippen LogP contribution in [0.2, 0.25) is 0 Å². The van der Waals surface area contributed by atoms with Gasteiger partial charge in [-0.3, -0.25) is 0 Å². The second kappa shape index (κ2) is 8.95. The van der Waals surface area contributed by atoms with E-state index in [1.165, 1.54) is 0 Å². The van der Waals surface area contributed by atoms with E-state index in [4.69, 9.17) is 14.3 Å². The maximum absolute atomic E-state index is 9.28. The minimum absolute atomic E-state index is 0.152. The van der Waals surface area contributed by atoms with Crippen LogP contribution in [0.5, 0.6) is 0 Å². The van der Waals surface area contributed by atoms with Gasteiger partial charge in [-0.25, -0.2) is 0 Å². The van der Waals surface area contributed by atoms with E-state index >= 15 is 0 Å². The van der Waals surface area contributed by atoms with E-state index in [0.29, 0.717) is 50.0 Å². The predicted molar refractivity (Wildman–Crippen MR) is 175 cm³/mol. The molecule has 42 heavy (non-hydrogen) atoms. The number of hydrogen-bond acceptors (Lipinski definition) is 2. The molecule has 0 saturated heterocycles. The van der Waals surface area contributed by atoms with Crippen LogP contribution < -0.4 is 0 Å². The summed E-state index contributed by atoms with van der Waals surface area (Å²) in [5.74, 6) is 0.675. The van der Waals surface area contributed by atoms with Gasteiger partial charge in [0.05, 0.1) is 11.0 Å². The lowest BCUT2D eigenvalue weighted by Crippen LogP contribution is -1.91. The normalized spacial score (nSPS) is 14.5. The molecule has 2 aromatic heterocycles. The van der Waals surface area contributed by atoms with E-state index in [1.54, 1.807) is 42.5 Å². The van der Waals surface area contributed by atoms with Gasteiger partial charge in [0, 0.05) is 21.7 Å². The molecule has 0 amide bonds. The molecule has 0 N–H and O–H groups in total. The third kappa shape index (κ3) is 3.33. The SMILES string of the molecule is [2H]c1c([2H])c([2H])c2c(-c3cccc4oc5c(ccc6cc(-c7ccccc7)oc65)c34)c3c([2H])c([2H])c([2H])c([2H])c3c(-c3ccccc3)c2c1[2H]. The van der Waals surface area contributed by atoms with Crippen molar-refractivity contribution in [3.8, 4) is 33.6 Å². The molecule has 0 atom stereocenters. The Kier molecular flexibility index (Phi) is 3.54. The van der Waals surface area contributed by atoms with Gasteiger partial charge < -0.3 is 8.83 Å². The Morgan fingerprint density at radius 2 is 1.10 bits per heavy atom. The van der Waals surface area contributed by atoms with Gasteiger partial charge in [0.15, 0.2) is 11.2 Å². The van der Waals surface area contributed by atoms with Crippen LogP contribution in [0.4, 0.5) is 0 Å². The van der Waals surface area contributed by atoms with Crippen molar-refractivity contribution in [3.05, 3.63) is 145 Å².